The molecule has 0 saturated carbocycles. The second-order valence-corrected chi connectivity index (χ2v) is 9.51. The SMILES string of the molecule is Clc1cc(Br)cc(-n2c3ccc(-c4ccccc4)cc3c3cc(-c4ccccc4)ccc32)c1. The van der Waals surface area contributed by atoms with E-state index in [4.69, 9.17) is 11.6 Å². The molecule has 1 aromatic heterocycles. The molecule has 33 heavy (non-hydrogen) atoms. The van der Waals surface area contributed by atoms with Crippen LogP contribution in [-0.2, 0) is 0 Å². The van der Waals surface area contributed by atoms with Crippen LogP contribution in [0.4, 0.5) is 0 Å². The number of nitrogens with zero attached hydrogens (tertiary/aromatic N) is 1. The Kier molecular flexibility index (Phi) is 5.05. The van der Waals surface area contributed by atoms with Gasteiger partial charge in [0.2, 0.25) is 0 Å². The second-order valence-electron chi connectivity index (χ2n) is 8.16. The molecule has 0 atom stereocenters. The number of hydrogen-bond acceptors (Lipinski definition) is 0. The lowest BCUT2D eigenvalue weighted by Crippen LogP contribution is -1.94. The maximum absolute atomic E-state index is 6.44. The topological polar surface area (TPSA) is 4.93 Å². The highest BCUT2D eigenvalue weighted by Crippen LogP contribution is 2.38. The first-order valence-corrected chi connectivity index (χ1v) is 12.0. The lowest BCUT2D eigenvalue weighted by atomic mass is 10.0. The lowest BCUT2D eigenvalue weighted by Gasteiger charge is -2.10. The van der Waals surface area contributed by atoms with Gasteiger partial charge in [0.1, 0.15) is 0 Å². The Morgan fingerprint density at radius 3 is 1.52 bits per heavy atom. The molecule has 1 nitrogen and oxygen atoms in total. The molecule has 0 aliphatic heterocycles. The normalized spacial score (nSPS) is 11.3. The Morgan fingerprint density at radius 1 is 0.515 bits per heavy atom. The molecule has 5 aromatic carbocycles. The van der Waals surface area contributed by atoms with Gasteiger partial charge in [0.05, 0.1) is 11.0 Å². The molecular formula is C30H19BrClN. The molecule has 0 amide bonds. The molecule has 0 N–H and O–H groups in total. The maximum atomic E-state index is 6.44. The molecule has 0 aliphatic rings. The van der Waals surface area contributed by atoms with Crippen LogP contribution < -0.4 is 0 Å². The van der Waals surface area contributed by atoms with Crippen LogP contribution in [0.15, 0.2) is 120 Å². The van der Waals surface area contributed by atoms with Crippen LogP contribution in [0, 0.1) is 0 Å². The number of halogens is 2. The molecule has 0 spiro atoms. The van der Waals surface area contributed by atoms with E-state index in [0.717, 1.165) is 21.2 Å². The molecular weight excluding hydrogens is 490 g/mol. The number of aromatic nitrogens is 1. The van der Waals surface area contributed by atoms with Gasteiger partial charge in [-0.25, -0.2) is 0 Å². The van der Waals surface area contributed by atoms with Crippen LogP contribution >= 0.6 is 27.5 Å². The van der Waals surface area contributed by atoms with Crippen molar-refractivity contribution < 1.29 is 0 Å². The van der Waals surface area contributed by atoms with E-state index in [0.29, 0.717) is 5.02 Å². The molecule has 3 heteroatoms. The minimum Gasteiger partial charge on any atom is -0.309 e. The minimum absolute atomic E-state index is 0.705. The van der Waals surface area contributed by atoms with Crippen LogP contribution in [-0.4, -0.2) is 4.57 Å². The highest BCUT2D eigenvalue weighted by molar-refractivity contribution is 9.10. The van der Waals surface area contributed by atoms with Crippen molar-refractivity contribution >= 4 is 49.3 Å². The summed E-state index contributed by atoms with van der Waals surface area (Å²) in [6.45, 7) is 0. The average Bonchev–Trinajstić information content (AvgIpc) is 3.17. The van der Waals surface area contributed by atoms with E-state index in [2.05, 4.69) is 124 Å². The minimum atomic E-state index is 0.705. The first kappa shape index (κ1) is 20.3. The quantitative estimate of drug-likeness (QED) is 0.224. The summed E-state index contributed by atoms with van der Waals surface area (Å²) in [5.74, 6) is 0. The molecule has 6 aromatic rings. The van der Waals surface area contributed by atoms with Crippen molar-refractivity contribution in [3.05, 3.63) is 125 Å². The van der Waals surface area contributed by atoms with Gasteiger partial charge in [0, 0.05) is 26.0 Å². The molecule has 1 heterocycles. The van der Waals surface area contributed by atoms with Crippen molar-refractivity contribution in [1.82, 2.24) is 4.57 Å². The molecule has 0 bridgehead atoms. The third-order valence-electron chi connectivity index (χ3n) is 6.08. The van der Waals surface area contributed by atoms with Gasteiger partial charge < -0.3 is 4.57 Å². The summed E-state index contributed by atoms with van der Waals surface area (Å²) >= 11 is 10.0. The van der Waals surface area contributed by atoms with Gasteiger partial charge in [-0.05, 0) is 64.7 Å². The summed E-state index contributed by atoms with van der Waals surface area (Å²) in [4.78, 5) is 0. The van der Waals surface area contributed by atoms with E-state index in [-0.39, 0.29) is 0 Å². The molecule has 0 fully saturated rings. The van der Waals surface area contributed by atoms with Gasteiger partial charge in [-0.3, -0.25) is 0 Å². The van der Waals surface area contributed by atoms with Crippen molar-refractivity contribution in [2.45, 2.75) is 0 Å². The number of fused-ring (bicyclic) bond motifs is 3. The van der Waals surface area contributed by atoms with Crippen LogP contribution in [0.5, 0.6) is 0 Å². The van der Waals surface area contributed by atoms with Gasteiger partial charge in [-0.1, -0.05) is 100 Å². The Labute approximate surface area is 206 Å². The monoisotopic (exact) mass is 507 g/mol. The first-order chi connectivity index (χ1) is 16.2. The van der Waals surface area contributed by atoms with Gasteiger partial charge in [0.25, 0.3) is 0 Å². The summed E-state index contributed by atoms with van der Waals surface area (Å²) in [6.07, 6.45) is 0. The van der Waals surface area contributed by atoms with E-state index in [1.165, 1.54) is 33.0 Å². The molecule has 0 unspecified atom stereocenters. The molecule has 0 radical (unpaired) electrons. The molecule has 158 valence electrons. The number of benzene rings is 5. The maximum Gasteiger partial charge on any atom is 0.0541 e. The van der Waals surface area contributed by atoms with Crippen LogP contribution in [0.1, 0.15) is 0 Å². The van der Waals surface area contributed by atoms with Gasteiger partial charge in [0.15, 0.2) is 0 Å². The number of hydrogen-bond donors (Lipinski definition) is 0. The third kappa shape index (κ3) is 3.66. The van der Waals surface area contributed by atoms with Crippen LogP contribution in [0.3, 0.4) is 0 Å². The fraction of sp³-hybridized carbons (Fsp3) is 0. The highest BCUT2D eigenvalue weighted by Gasteiger charge is 2.15. The highest BCUT2D eigenvalue weighted by atomic mass is 79.9. The predicted octanol–water partition coefficient (Wildman–Crippen LogP) is 9.53. The van der Waals surface area contributed by atoms with Gasteiger partial charge in [-0.2, -0.15) is 0 Å². The average molecular weight is 509 g/mol. The van der Waals surface area contributed by atoms with Crippen LogP contribution in [0.2, 0.25) is 5.02 Å². The Bertz CT molecular complexity index is 1500. The second kappa shape index (κ2) is 8.22. The molecule has 0 saturated heterocycles. The van der Waals surface area contributed by atoms with Crippen molar-refractivity contribution in [1.29, 1.82) is 0 Å². The largest absolute Gasteiger partial charge is 0.309 e. The van der Waals surface area contributed by atoms with Gasteiger partial charge >= 0.3 is 0 Å². The fourth-order valence-corrected chi connectivity index (χ4v) is 5.43. The smallest absolute Gasteiger partial charge is 0.0541 e. The van der Waals surface area contributed by atoms with E-state index < -0.39 is 0 Å². The van der Waals surface area contributed by atoms with E-state index in [1.807, 2.05) is 12.1 Å². The summed E-state index contributed by atoms with van der Waals surface area (Å²) in [5, 5.41) is 3.15. The molecule has 0 aliphatic carbocycles. The summed E-state index contributed by atoms with van der Waals surface area (Å²) in [5.41, 5.74) is 8.19. The Hall–Kier alpha value is -3.33. The first-order valence-electron chi connectivity index (χ1n) is 10.8. The molecule has 6 rings (SSSR count). The van der Waals surface area contributed by atoms with Crippen molar-refractivity contribution in [3.63, 3.8) is 0 Å². The van der Waals surface area contributed by atoms with Crippen molar-refractivity contribution in [2.75, 3.05) is 0 Å². The van der Waals surface area contributed by atoms with E-state index in [9.17, 15) is 0 Å². The van der Waals surface area contributed by atoms with Crippen molar-refractivity contribution in [2.24, 2.45) is 0 Å². The zero-order valence-corrected chi connectivity index (χ0v) is 20.0. The van der Waals surface area contributed by atoms with Crippen molar-refractivity contribution in [3.8, 4) is 27.9 Å². The third-order valence-corrected chi connectivity index (χ3v) is 6.76. The van der Waals surface area contributed by atoms with Gasteiger partial charge in [-0.15, -0.1) is 0 Å². The standard InChI is InChI=1S/C30H19BrClN/c31-24-17-25(32)19-26(18-24)33-29-13-11-22(20-7-3-1-4-8-20)15-27(29)28-16-23(12-14-30(28)33)21-9-5-2-6-10-21/h1-19H. The zero-order chi connectivity index (χ0) is 22.4. The zero-order valence-electron chi connectivity index (χ0n) is 17.7. The summed E-state index contributed by atoms with van der Waals surface area (Å²) in [7, 11) is 0. The van der Waals surface area contributed by atoms with Crippen LogP contribution in [0.25, 0.3) is 49.7 Å². The summed E-state index contributed by atoms with van der Waals surface area (Å²) < 4.78 is 3.26. The Balaban J connectivity index is 1.68. The van der Waals surface area contributed by atoms with E-state index in [1.54, 1.807) is 0 Å². The lowest BCUT2D eigenvalue weighted by molar-refractivity contribution is 1.18. The number of rotatable bonds is 3. The summed E-state index contributed by atoms with van der Waals surface area (Å²) in [6, 6.07) is 40.5. The fourth-order valence-electron chi connectivity index (χ4n) is 4.59. The van der Waals surface area contributed by atoms with E-state index >= 15 is 0 Å². The Morgan fingerprint density at radius 2 is 1.03 bits per heavy atom. The predicted molar refractivity (Wildman–Crippen MR) is 144 cm³/mol.